The van der Waals surface area contributed by atoms with Gasteiger partial charge in [0.05, 0.1) is 31.8 Å². The number of carbonyl (C=O) groups excluding carboxylic acids is 2. The summed E-state index contributed by atoms with van der Waals surface area (Å²) in [6.07, 6.45) is 0.448. The van der Waals surface area contributed by atoms with E-state index in [1.807, 2.05) is 32.9 Å². The molecule has 0 saturated carbocycles. The molecule has 7 heteroatoms. The van der Waals surface area contributed by atoms with Crippen molar-refractivity contribution in [2.75, 3.05) is 70.5 Å². The predicted octanol–water partition coefficient (Wildman–Crippen LogP) is 2.06. The van der Waals surface area contributed by atoms with Crippen molar-refractivity contribution < 1.29 is 19.1 Å². The van der Waals surface area contributed by atoms with Crippen molar-refractivity contribution in [3.8, 4) is 0 Å². The summed E-state index contributed by atoms with van der Waals surface area (Å²) in [4.78, 5) is 31.5. The van der Waals surface area contributed by atoms with E-state index in [9.17, 15) is 9.59 Å². The molecule has 30 heavy (non-hydrogen) atoms. The minimum absolute atomic E-state index is 0.125. The number of Topliss-reactive ketones (excluding diaryl/α,β-unsaturated/α-hetero) is 1. The van der Waals surface area contributed by atoms with Crippen LogP contribution in [0.25, 0.3) is 0 Å². The number of hydrogen-bond donors (Lipinski definition) is 0. The third-order valence-electron chi connectivity index (χ3n) is 6.16. The lowest BCUT2D eigenvalue weighted by Gasteiger charge is -2.39. The quantitative estimate of drug-likeness (QED) is 0.474. The second-order valence-electron chi connectivity index (χ2n) is 8.42. The smallest absolute Gasteiger partial charge is 0.307 e. The third kappa shape index (κ3) is 5.59. The fourth-order valence-corrected chi connectivity index (χ4v) is 4.16. The lowest BCUT2D eigenvalue weighted by Crippen LogP contribution is -2.54. The molecule has 2 aliphatic rings. The number of carbonyl (C=O) groups is 2. The molecule has 3 rings (SSSR count). The molecule has 0 N–H and O–H groups in total. The van der Waals surface area contributed by atoms with Gasteiger partial charge in [-0.25, -0.2) is 0 Å². The van der Waals surface area contributed by atoms with Crippen molar-refractivity contribution in [2.45, 2.75) is 32.7 Å². The van der Waals surface area contributed by atoms with E-state index in [4.69, 9.17) is 9.47 Å². The van der Waals surface area contributed by atoms with Crippen molar-refractivity contribution in [2.24, 2.45) is 0 Å². The van der Waals surface area contributed by atoms with Crippen molar-refractivity contribution >= 4 is 17.4 Å². The zero-order valence-corrected chi connectivity index (χ0v) is 18.6. The van der Waals surface area contributed by atoms with Crippen molar-refractivity contribution in [3.05, 3.63) is 29.8 Å². The standard InChI is InChI=1S/C23H35N3O4/c1-4-30-21(27)9-10-24-11-13-25(14-12-24)20-7-5-19(6-8-20)22(28)23(2,3)26-15-17-29-18-16-26/h5-8H,4,9-18H2,1-3H3. The zero-order chi connectivity index (χ0) is 21.6. The van der Waals surface area contributed by atoms with Crippen LogP contribution in [-0.4, -0.2) is 92.7 Å². The molecule has 1 aromatic rings. The number of ketones is 1. The zero-order valence-electron chi connectivity index (χ0n) is 18.6. The lowest BCUT2D eigenvalue weighted by molar-refractivity contribution is -0.143. The summed E-state index contributed by atoms with van der Waals surface area (Å²) >= 11 is 0. The number of ether oxygens (including phenoxy) is 2. The molecular weight excluding hydrogens is 382 g/mol. The van der Waals surface area contributed by atoms with Crippen LogP contribution in [0.2, 0.25) is 0 Å². The van der Waals surface area contributed by atoms with Gasteiger partial charge in [0, 0.05) is 57.1 Å². The Hall–Kier alpha value is -1.96. The Morgan fingerprint density at radius 1 is 1.00 bits per heavy atom. The van der Waals surface area contributed by atoms with Gasteiger partial charge in [-0.05, 0) is 45.0 Å². The molecule has 0 spiro atoms. The number of nitrogens with zero attached hydrogens (tertiary/aromatic N) is 3. The molecular formula is C23H35N3O4. The minimum Gasteiger partial charge on any atom is -0.466 e. The normalized spacial score (nSPS) is 19.0. The van der Waals surface area contributed by atoms with Crippen molar-refractivity contribution in [3.63, 3.8) is 0 Å². The Morgan fingerprint density at radius 2 is 1.63 bits per heavy atom. The van der Waals surface area contributed by atoms with Gasteiger partial charge in [-0.1, -0.05) is 0 Å². The molecule has 0 amide bonds. The van der Waals surface area contributed by atoms with Gasteiger partial charge in [-0.15, -0.1) is 0 Å². The van der Waals surface area contributed by atoms with Gasteiger partial charge >= 0.3 is 5.97 Å². The van der Waals surface area contributed by atoms with Crippen molar-refractivity contribution in [1.29, 1.82) is 0 Å². The summed E-state index contributed by atoms with van der Waals surface area (Å²) in [7, 11) is 0. The van der Waals surface area contributed by atoms with E-state index in [0.717, 1.165) is 57.1 Å². The summed E-state index contributed by atoms with van der Waals surface area (Å²) < 4.78 is 10.4. The second-order valence-corrected chi connectivity index (χ2v) is 8.42. The molecule has 0 aromatic heterocycles. The van der Waals surface area contributed by atoms with Crippen LogP contribution in [0.1, 0.15) is 37.6 Å². The summed E-state index contributed by atoms with van der Waals surface area (Å²) in [6, 6.07) is 8.01. The number of hydrogen-bond acceptors (Lipinski definition) is 7. The van der Waals surface area contributed by atoms with E-state index in [1.54, 1.807) is 0 Å². The summed E-state index contributed by atoms with van der Waals surface area (Å²) in [5.41, 5.74) is 1.36. The Balaban J connectivity index is 1.52. The predicted molar refractivity (Wildman–Crippen MR) is 117 cm³/mol. The Bertz CT molecular complexity index is 706. The van der Waals surface area contributed by atoms with E-state index < -0.39 is 5.54 Å². The first-order valence-corrected chi connectivity index (χ1v) is 11.0. The van der Waals surface area contributed by atoms with E-state index >= 15 is 0 Å². The van der Waals surface area contributed by atoms with Crippen LogP contribution in [0.5, 0.6) is 0 Å². The van der Waals surface area contributed by atoms with Crippen LogP contribution in [0.15, 0.2) is 24.3 Å². The molecule has 2 fully saturated rings. The highest BCUT2D eigenvalue weighted by Crippen LogP contribution is 2.24. The van der Waals surface area contributed by atoms with Crippen LogP contribution in [0.4, 0.5) is 5.69 Å². The van der Waals surface area contributed by atoms with E-state index in [-0.39, 0.29) is 11.8 Å². The Labute approximate surface area is 179 Å². The summed E-state index contributed by atoms with van der Waals surface area (Å²) in [5.74, 6) is 0.0277. The van der Waals surface area contributed by atoms with Crippen LogP contribution < -0.4 is 4.90 Å². The van der Waals surface area contributed by atoms with Gasteiger partial charge in [0.2, 0.25) is 0 Å². The highest BCUT2D eigenvalue weighted by molar-refractivity contribution is 6.02. The maximum Gasteiger partial charge on any atom is 0.307 e. The fourth-order valence-electron chi connectivity index (χ4n) is 4.16. The van der Waals surface area contributed by atoms with Gasteiger partial charge in [0.15, 0.2) is 5.78 Å². The average Bonchev–Trinajstić information content (AvgIpc) is 2.78. The van der Waals surface area contributed by atoms with Crippen LogP contribution in [0.3, 0.4) is 0 Å². The second kappa shape index (κ2) is 10.4. The highest BCUT2D eigenvalue weighted by atomic mass is 16.5. The van der Waals surface area contributed by atoms with E-state index in [0.29, 0.717) is 26.2 Å². The van der Waals surface area contributed by atoms with Gasteiger partial charge in [0.25, 0.3) is 0 Å². The maximum absolute atomic E-state index is 13.1. The molecule has 7 nitrogen and oxygen atoms in total. The molecule has 166 valence electrons. The SMILES string of the molecule is CCOC(=O)CCN1CCN(c2ccc(C(=O)C(C)(C)N3CCOCC3)cc2)CC1. The number of anilines is 1. The molecule has 0 radical (unpaired) electrons. The largest absolute Gasteiger partial charge is 0.466 e. The first kappa shape index (κ1) is 22.7. The van der Waals surface area contributed by atoms with E-state index in [2.05, 4.69) is 26.8 Å². The highest BCUT2D eigenvalue weighted by Gasteiger charge is 2.36. The third-order valence-corrected chi connectivity index (χ3v) is 6.16. The fraction of sp³-hybridized carbons (Fsp3) is 0.652. The lowest BCUT2D eigenvalue weighted by atomic mass is 9.90. The van der Waals surface area contributed by atoms with Crippen molar-refractivity contribution in [1.82, 2.24) is 9.80 Å². The summed E-state index contributed by atoms with van der Waals surface area (Å²) in [6.45, 7) is 13.6. The monoisotopic (exact) mass is 417 g/mol. The first-order chi connectivity index (χ1) is 14.4. The van der Waals surface area contributed by atoms with Gasteiger partial charge in [-0.3, -0.25) is 19.4 Å². The average molecular weight is 418 g/mol. The number of esters is 1. The van der Waals surface area contributed by atoms with Gasteiger partial charge in [-0.2, -0.15) is 0 Å². The van der Waals surface area contributed by atoms with Crippen LogP contribution >= 0.6 is 0 Å². The molecule has 2 heterocycles. The molecule has 2 aliphatic heterocycles. The Morgan fingerprint density at radius 3 is 2.23 bits per heavy atom. The molecule has 0 atom stereocenters. The van der Waals surface area contributed by atoms with Gasteiger partial charge < -0.3 is 14.4 Å². The molecule has 0 unspecified atom stereocenters. The topological polar surface area (TPSA) is 62.3 Å². The van der Waals surface area contributed by atoms with E-state index in [1.165, 1.54) is 0 Å². The number of benzene rings is 1. The maximum atomic E-state index is 13.1. The first-order valence-electron chi connectivity index (χ1n) is 11.0. The Kier molecular flexibility index (Phi) is 7.86. The molecule has 0 aliphatic carbocycles. The minimum atomic E-state index is -0.532. The summed E-state index contributed by atoms with van der Waals surface area (Å²) in [5, 5.41) is 0. The molecule has 0 bridgehead atoms. The molecule has 2 saturated heterocycles. The van der Waals surface area contributed by atoms with Crippen LogP contribution in [-0.2, 0) is 14.3 Å². The number of morpholine rings is 1. The molecule has 1 aromatic carbocycles. The number of rotatable bonds is 8. The van der Waals surface area contributed by atoms with Gasteiger partial charge in [0.1, 0.15) is 0 Å². The van der Waals surface area contributed by atoms with Crippen LogP contribution in [0, 0.1) is 0 Å². The number of piperazine rings is 1.